The SMILES string of the molecule is COc1cc(C(=O)OCC(=O)Nc2c(C)nn(-c3ccccc3)c2C)ccc1C. The van der Waals surface area contributed by atoms with Gasteiger partial charge in [-0.1, -0.05) is 24.3 Å². The van der Waals surface area contributed by atoms with Gasteiger partial charge in [0.2, 0.25) is 0 Å². The number of nitrogens with zero attached hydrogens (tertiary/aromatic N) is 2. The van der Waals surface area contributed by atoms with Gasteiger partial charge in [-0.05, 0) is 50.6 Å². The molecule has 29 heavy (non-hydrogen) atoms. The topological polar surface area (TPSA) is 82.4 Å². The summed E-state index contributed by atoms with van der Waals surface area (Å²) in [6.07, 6.45) is 0. The van der Waals surface area contributed by atoms with Gasteiger partial charge in [0.15, 0.2) is 6.61 Å². The fraction of sp³-hybridized carbons (Fsp3) is 0.227. The van der Waals surface area contributed by atoms with Crippen LogP contribution >= 0.6 is 0 Å². The van der Waals surface area contributed by atoms with Gasteiger partial charge in [0.05, 0.1) is 35.4 Å². The predicted octanol–water partition coefficient (Wildman–Crippen LogP) is 3.60. The van der Waals surface area contributed by atoms with E-state index in [-0.39, 0.29) is 0 Å². The van der Waals surface area contributed by atoms with Crippen LogP contribution in [0.3, 0.4) is 0 Å². The lowest BCUT2D eigenvalue weighted by Gasteiger charge is -2.09. The molecule has 0 unspecified atom stereocenters. The van der Waals surface area contributed by atoms with Crippen LogP contribution in [0, 0.1) is 20.8 Å². The number of hydrogen-bond donors (Lipinski definition) is 1. The van der Waals surface area contributed by atoms with Crippen molar-refractivity contribution in [1.29, 1.82) is 0 Å². The van der Waals surface area contributed by atoms with Crippen molar-refractivity contribution < 1.29 is 19.1 Å². The first-order chi connectivity index (χ1) is 13.9. The number of amides is 1. The Labute approximate surface area is 169 Å². The zero-order valence-corrected chi connectivity index (χ0v) is 16.9. The van der Waals surface area contributed by atoms with Crippen molar-refractivity contribution in [2.75, 3.05) is 19.0 Å². The second-order valence-electron chi connectivity index (χ2n) is 6.60. The lowest BCUT2D eigenvalue weighted by molar-refractivity contribution is -0.119. The fourth-order valence-corrected chi connectivity index (χ4v) is 2.98. The largest absolute Gasteiger partial charge is 0.496 e. The number of para-hydroxylation sites is 1. The minimum Gasteiger partial charge on any atom is -0.496 e. The fourth-order valence-electron chi connectivity index (χ4n) is 2.98. The molecule has 150 valence electrons. The second-order valence-corrected chi connectivity index (χ2v) is 6.60. The second kappa shape index (κ2) is 8.60. The predicted molar refractivity (Wildman–Crippen MR) is 110 cm³/mol. The van der Waals surface area contributed by atoms with E-state index in [0.29, 0.717) is 22.7 Å². The normalized spacial score (nSPS) is 10.5. The molecule has 0 atom stereocenters. The molecule has 0 spiro atoms. The summed E-state index contributed by atoms with van der Waals surface area (Å²) in [5, 5.41) is 7.27. The Balaban J connectivity index is 1.66. The molecule has 2 aromatic carbocycles. The molecule has 1 heterocycles. The summed E-state index contributed by atoms with van der Waals surface area (Å²) in [4.78, 5) is 24.6. The number of esters is 1. The Bertz CT molecular complexity index is 1040. The summed E-state index contributed by atoms with van der Waals surface area (Å²) in [6.45, 7) is 5.16. The van der Waals surface area contributed by atoms with E-state index < -0.39 is 18.5 Å². The molecule has 0 fully saturated rings. The average Bonchev–Trinajstić information content (AvgIpc) is 3.01. The van der Waals surface area contributed by atoms with Gasteiger partial charge in [-0.3, -0.25) is 4.79 Å². The van der Waals surface area contributed by atoms with Crippen LogP contribution in [0.2, 0.25) is 0 Å². The molecular weight excluding hydrogens is 370 g/mol. The van der Waals surface area contributed by atoms with Crippen LogP contribution in [0.4, 0.5) is 5.69 Å². The van der Waals surface area contributed by atoms with E-state index in [0.717, 1.165) is 16.9 Å². The highest BCUT2D eigenvalue weighted by Gasteiger charge is 2.17. The summed E-state index contributed by atoms with van der Waals surface area (Å²) in [6, 6.07) is 14.6. The summed E-state index contributed by atoms with van der Waals surface area (Å²) >= 11 is 0. The van der Waals surface area contributed by atoms with Gasteiger partial charge < -0.3 is 14.8 Å². The van der Waals surface area contributed by atoms with Crippen molar-refractivity contribution in [2.45, 2.75) is 20.8 Å². The number of nitrogens with one attached hydrogen (secondary N) is 1. The van der Waals surface area contributed by atoms with Crippen molar-refractivity contribution >= 4 is 17.6 Å². The first kappa shape index (κ1) is 20.1. The number of benzene rings is 2. The molecule has 0 aliphatic carbocycles. The third kappa shape index (κ3) is 4.45. The van der Waals surface area contributed by atoms with Crippen LogP contribution in [0.5, 0.6) is 5.75 Å². The van der Waals surface area contributed by atoms with E-state index in [1.165, 1.54) is 7.11 Å². The molecule has 1 amide bonds. The third-order valence-corrected chi connectivity index (χ3v) is 4.53. The first-order valence-corrected chi connectivity index (χ1v) is 9.14. The molecule has 0 aliphatic rings. The molecule has 0 radical (unpaired) electrons. The Hall–Kier alpha value is -3.61. The minimum absolute atomic E-state index is 0.324. The van der Waals surface area contributed by atoms with Crippen molar-refractivity contribution in [3.8, 4) is 11.4 Å². The number of rotatable bonds is 6. The van der Waals surface area contributed by atoms with E-state index in [2.05, 4.69) is 10.4 Å². The number of anilines is 1. The van der Waals surface area contributed by atoms with Crippen molar-refractivity contribution in [3.63, 3.8) is 0 Å². The standard InChI is InChI=1S/C22H23N3O4/c1-14-10-11-17(12-19(14)28-4)22(27)29-13-20(26)23-21-15(2)24-25(16(21)3)18-8-6-5-7-9-18/h5-12H,13H2,1-4H3,(H,23,26). The lowest BCUT2D eigenvalue weighted by atomic mass is 10.1. The van der Waals surface area contributed by atoms with Crippen LogP contribution in [-0.2, 0) is 9.53 Å². The molecule has 3 rings (SSSR count). The molecular formula is C22H23N3O4. The lowest BCUT2D eigenvalue weighted by Crippen LogP contribution is -2.21. The highest BCUT2D eigenvalue weighted by atomic mass is 16.5. The average molecular weight is 393 g/mol. The number of ether oxygens (including phenoxy) is 2. The first-order valence-electron chi connectivity index (χ1n) is 9.14. The van der Waals surface area contributed by atoms with E-state index >= 15 is 0 Å². The molecule has 0 saturated heterocycles. The molecule has 7 nitrogen and oxygen atoms in total. The number of aromatic nitrogens is 2. The zero-order chi connectivity index (χ0) is 21.0. The van der Waals surface area contributed by atoms with Crippen molar-refractivity contribution in [2.24, 2.45) is 0 Å². The molecule has 1 N–H and O–H groups in total. The number of carbonyl (C=O) groups excluding carboxylic acids is 2. The number of carbonyl (C=O) groups is 2. The van der Waals surface area contributed by atoms with Gasteiger partial charge in [-0.2, -0.15) is 5.10 Å². The zero-order valence-electron chi connectivity index (χ0n) is 16.9. The Kier molecular flexibility index (Phi) is 5.97. The van der Waals surface area contributed by atoms with Crippen LogP contribution in [0.25, 0.3) is 5.69 Å². The van der Waals surface area contributed by atoms with Crippen LogP contribution < -0.4 is 10.1 Å². The number of methoxy groups -OCH3 is 1. The van der Waals surface area contributed by atoms with Crippen LogP contribution in [0.1, 0.15) is 27.3 Å². The highest BCUT2D eigenvalue weighted by molar-refractivity contribution is 5.96. The summed E-state index contributed by atoms with van der Waals surface area (Å²) in [7, 11) is 1.53. The number of aryl methyl sites for hydroxylation is 2. The summed E-state index contributed by atoms with van der Waals surface area (Å²) in [5.74, 6) is -0.438. The quantitative estimate of drug-likeness (QED) is 0.647. The maximum Gasteiger partial charge on any atom is 0.338 e. The van der Waals surface area contributed by atoms with E-state index in [1.54, 1.807) is 22.9 Å². The molecule has 3 aromatic rings. The van der Waals surface area contributed by atoms with E-state index in [4.69, 9.17) is 9.47 Å². The molecule has 7 heteroatoms. The van der Waals surface area contributed by atoms with Gasteiger partial charge in [0, 0.05) is 0 Å². The number of hydrogen-bond acceptors (Lipinski definition) is 5. The minimum atomic E-state index is -0.591. The third-order valence-electron chi connectivity index (χ3n) is 4.53. The Morgan fingerprint density at radius 3 is 2.48 bits per heavy atom. The van der Waals surface area contributed by atoms with Gasteiger partial charge >= 0.3 is 5.97 Å². The van der Waals surface area contributed by atoms with E-state index in [9.17, 15) is 9.59 Å². The van der Waals surface area contributed by atoms with Gasteiger partial charge in [-0.15, -0.1) is 0 Å². The molecule has 0 saturated carbocycles. The molecule has 0 aliphatic heterocycles. The van der Waals surface area contributed by atoms with Crippen LogP contribution in [-0.4, -0.2) is 35.4 Å². The smallest absolute Gasteiger partial charge is 0.338 e. The molecule has 1 aromatic heterocycles. The van der Waals surface area contributed by atoms with Crippen molar-refractivity contribution in [1.82, 2.24) is 9.78 Å². The van der Waals surface area contributed by atoms with Crippen LogP contribution in [0.15, 0.2) is 48.5 Å². The maximum atomic E-state index is 12.3. The monoisotopic (exact) mass is 393 g/mol. The highest BCUT2D eigenvalue weighted by Crippen LogP contribution is 2.23. The Morgan fingerprint density at radius 1 is 1.07 bits per heavy atom. The van der Waals surface area contributed by atoms with Gasteiger partial charge in [0.1, 0.15) is 5.75 Å². The molecule has 0 bridgehead atoms. The summed E-state index contributed by atoms with van der Waals surface area (Å²) in [5.41, 5.74) is 4.19. The Morgan fingerprint density at radius 2 is 1.79 bits per heavy atom. The van der Waals surface area contributed by atoms with Gasteiger partial charge in [-0.25, -0.2) is 9.48 Å². The maximum absolute atomic E-state index is 12.3. The van der Waals surface area contributed by atoms with E-state index in [1.807, 2.05) is 51.1 Å². The van der Waals surface area contributed by atoms with Gasteiger partial charge in [0.25, 0.3) is 5.91 Å². The van der Waals surface area contributed by atoms with Crippen molar-refractivity contribution in [3.05, 3.63) is 71.0 Å². The summed E-state index contributed by atoms with van der Waals surface area (Å²) < 4.78 is 12.1.